The maximum Gasteiger partial charge on any atom is 0.381 e. The van der Waals surface area contributed by atoms with Crippen LogP contribution >= 0.6 is 0 Å². The summed E-state index contributed by atoms with van der Waals surface area (Å²) in [6, 6.07) is 10.6. The third-order valence-corrected chi connectivity index (χ3v) is 4.05. The molecule has 0 saturated carbocycles. The second-order valence-electron chi connectivity index (χ2n) is 6.14. The molecule has 0 spiro atoms. The van der Waals surface area contributed by atoms with Gasteiger partial charge in [-0.15, -0.1) is 0 Å². The van der Waals surface area contributed by atoms with Crippen molar-refractivity contribution in [1.82, 2.24) is 0 Å². The van der Waals surface area contributed by atoms with Crippen molar-refractivity contribution in [3.05, 3.63) is 54.1 Å². The van der Waals surface area contributed by atoms with Crippen LogP contribution in [0.25, 0.3) is 0 Å². The van der Waals surface area contributed by atoms with Gasteiger partial charge in [0.2, 0.25) is 0 Å². The molecule has 0 aliphatic carbocycles. The molecule has 2 aromatic rings. The molecule has 170 valence electrons. The first-order chi connectivity index (χ1) is 14.3. The molecule has 2 rings (SSSR count). The zero-order chi connectivity index (χ0) is 23.4. The molecule has 0 aliphatic rings. The first-order valence-corrected chi connectivity index (χ1v) is 8.43. The van der Waals surface area contributed by atoms with Crippen molar-refractivity contribution in [2.45, 2.75) is 24.2 Å². The number of hydrogen-bond acceptors (Lipinski definition) is 3. The van der Waals surface area contributed by atoms with Crippen LogP contribution in [0.2, 0.25) is 0 Å². The monoisotopic (exact) mass is 457 g/mol. The van der Waals surface area contributed by atoms with Gasteiger partial charge in [-0.25, -0.2) is 8.78 Å². The van der Waals surface area contributed by atoms with Crippen molar-refractivity contribution in [3.63, 3.8) is 0 Å². The molecule has 12 heteroatoms. The SMILES string of the molecule is COc1ccccc1C(=O)Nc1ccccc1OCC(F)(F)C(F)(F)C(F)(F)C(F)F. The van der Waals surface area contributed by atoms with E-state index in [0.717, 1.165) is 12.1 Å². The fourth-order valence-electron chi connectivity index (χ4n) is 2.36. The summed E-state index contributed by atoms with van der Waals surface area (Å²) in [6.07, 6.45) is -5.03. The van der Waals surface area contributed by atoms with E-state index in [9.17, 15) is 39.9 Å². The summed E-state index contributed by atoms with van der Waals surface area (Å²) in [7, 11) is 1.29. The number of benzene rings is 2. The van der Waals surface area contributed by atoms with Crippen molar-refractivity contribution < 1.29 is 49.4 Å². The lowest BCUT2D eigenvalue weighted by Gasteiger charge is -2.32. The largest absolute Gasteiger partial charge is 0.496 e. The Morgan fingerprint density at radius 3 is 2.06 bits per heavy atom. The number of nitrogens with one attached hydrogen (secondary N) is 1. The molecule has 0 aliphatic heterocycles. The molecule has 0 fully saturated rings. The van der Waals surface area contributed by atoms with Crippen LogP contribution in [0.4, 0.5) is 40.8 Å². The predicted octanol–water partition coefficient (Wildman–Crippen LogP) is 5.50. The summed E-state index contributed by atoms with van der Waals surface area (Å²) in [6.45, 7) is -2.36. The molecule has 1 amide bonds. The highest BCUT2D eigenvalue weighted by Crippen LogP contribution is 2.48. The van der Waals surface area contributed by atoms with E-state index < -0.39 is 42.5 Å². The molecule has 1 N–H and O–H groups in total. The van der Waals surface area contributed by atoms with Gasteiger partial charge in [-0.1, -0.05) is 24.3 Å². The van der Waals surface area contributed by atoms with Gasteiger partial charge in [0, 0.05) is 0 Å². The Balaban J connectivity index is 2.22. The van der Waals surface area contributed by atoms with Gasteiger partial charge in [0.15, 0.2) is 6.61 Å². The molecule has 0 atom stereocenters. The Kier molecular flexibility index (Phi) is 7.02. The minimum atomic E-state index is -6.40. The molecule has 2 aromatic carbocycles. The Bertz CT molecular complexity index is 921. The van der Waals surface area contributed by atoms with Crippen LogP contribution in [0, 0.1) is 0 Å². The number of rotatable bonds is 9. The van der Waals surface area contributed by atoms with Gasteiger partial charge < -0.3 is 14.8 Å². The molecule has 0 unspecified atom stereocenters. The Hall–Kier alpha value is -3.05. The third-order valence-electron chi connectivity index (χ3n) is 4.05. The van der Waals surface area contributed by atoms with Gasteiger partial charge in [-0.2, -0.15) is 26.3 Å². The first-order valence-electron chi connectivity index (χ1n) is 8.43. The number of methoxy groups -OCH3 is 1. The van der Waals surface area contributed by atoms with Crippen molar-refractivity contribution in [1.29, 1.82) is 0 Å². The number of carbonyl (C=O) groups is 1. The van der Waals surface area contributed by atoms with Crippen molar-refractivity contribution in [3.8, 4) is 11.5 Å². The van der Waals surface area contributed by atoms with E-state index in [2.05, 4.69) is 10.1 Å². The molecular weight excluding hydrogens is 442 g/mol. The summed E-state index contributed by atoms with van der Waals surface area (Å²) in [5, 5.41) is 2.28. The molecule has 31 heavy (non-hydrogen) atoms. The Labute approximate surface area is 170 Å². The summed E-state index contributed by atoms with van der Waals surface area (Å²) >= 11 is 0. The van der Waals surface area contributed by atoms with E-state index in [0.29, 0.717) is 0 Å². The number of amides is 1. The van der Waals surface area contributed by atoms with Crippen LogP contribution in [-0.4, -0.2) is 43.8 Å². The lowest BCUT2D eigenvalue weighted by atomic mass is 10.1. The fourth-order valence-corrected chi connectivity index (χ4v) is 2.36. The van der Waals surface area contributed by atoms with Crippen LogP contribution in [0.5, 0.6) is 11.5 Å². The van der Waals surface area contributed by atoms with Gasteiger partial charge in [0.25, 0.3) is 5.91 Å². The van der Waals surface area contributed by atoms with Crippen LogP contribution < -0.4 is 14.8 Å². The highest BCUT2D eigenvalue weighted by molar-refractivity contribution is 6.06. The van der Waals surface area contributed by atoms with Crippen LogP contribution in [0.15, 0.2) is 48.5 Å². The smallest absolute Gasteiger partial charge is 0.381 e. The number of hydrogen-bond donors (Lipinski definition) is 1. The fraction of sp³-hybridized carbons (Fsp3) is 0.316. The lowest BCUT2D eigenvalue weighted by molar-refractivity contribution is -0.342. The van der Waals surface area contributed by atoms with Crippen LogP contribution in [0.3, 0.4) is 0 Å². The second kappa shape index (κ2) is 8.98. The summed E-state index contributed by atoms with van der Waals surface area (Å²) in [5.41, 5.74) is -0.230. The number of para-hydroxylation sites is 3. The van der Waals surface area contributed by atoms with Gasteiger partial charge in [-0.05, 0) is 24.3 Å². The standard InChI is InChI=1S/C19H15F8NO3/c1-30-13-8-4-2-6-11(13)15(29)28-12-7-3-5-9-14(12)31-10-17(22,23)19(26,27)18(24,25)16(20)21/h2-9,16H,10H2,1H3,(H,28,29). The van der Waals surface area contributed by atoms with E-state index in [-0.39, 0.29) is 17.0 Å². The van der Waals surface area contributed by atoms with Gasteiger partial charge in [0.1, 0.15) is 11.5 Å². The Morgan fingerprint density at radius 2 is 1.48 bits per heavy atom. The molecule has 0 bridgehead atoms. The molecule has 0 aromatic heterocycles. The van der Waals surface area contributed by atoms with Crippen molar-refractivity contribution >= 4 is 11.6 Å². The van der Waals surface area contributed by atoms with E-state index in [1.807, 2.05) is 0 Å². The van der Waals surface area contributed by atoms with Gasteiger partial charge in [-0.3, -0.25) is 4.79 Å². The van der Waals surface area contributed by atoms with Crippen molar-refractivity contribution in [2.75, 3.05) is 19.0 Å². The average molecular weight is 457 g/mol. The maximum absolute atomic E-state index is 13.7. The lowest BCUT2D eigenvalue weighted by Crippen LogP contribution is -2.59. The van der Waals surface area contributed by atoms with E-state index in [1.165, 1.54) is 37.4 Å². The number of carbonyl (C=O) groups excluding carboxylic acids is 1. The van der Waals surface area contributed by atoms with E-state index in [1.54, 1.807) is 6.07 Å². The third kappa shape index (κ3) is 4.83. The van der Waals surface area contributed by atoms with Gasteiger partial charge in [0.05, 0.1) is 18.4 Å². The van der Waals surface area contributed by atoms with Gasteiger partial charge >= 0.3 is 24.2 Å². The van der Waals surface area contributed by atoms with Crippen LogP contribution in [-0.2, 0) is 0 Å². The topological polar surface area (TPSA) is 47.6 Å². The van der Waals surface area contributed by atoms with E-state index >= 15 is 0 Å². The molecular formula is C19H15F8NO3. The molecule has 0 radical (unpaired) electrons. The summed E-state index contributed by atoms with van der Waals surface area (Å²) < 4.78 is 114. The predicted molar refractivity (Wildman–Crippen MR) is 93.7 cm³/mol. The van der Waals surface area contributed by atoms with Crippen molar-refractivity contribution in [2.24, 2.45) is 0 Å². The minimum absolute atomic E-state index is 0.0354. The van der Waals surface area contributed by atoms with Crippen LogP contribution in [0.1, 0.15) is 10.4 Å². The van der Waals surface area contributed by atoms with E-state index in [4.69, 9.17) is 4.74 Å². The average Bonchev–Trinajstić information content (AvgIpc) is 2.72. The number of halogens is 8. The number of ether oxygens (including phenoxy) is 2. The summed E-state index contributed by atoms with van der Waals surface area (Å²) in [5.74, 6) is -19.6. The highest BCUT2D eigenvalue weighted by Gasteiger charge is 2.75. The zero-order valence-corrected chi connectivity index (χ0v) is 15.7. The molecule has 4 nitrogen and oxygen atoms in total. The Morgan fingerprint density at radius 1 is 0.935 bits per heavy atom. The first kappa shape index (κ1) is 24.2. The maximum atomic E-state index is 13.7. The number of anilines is 1. The minimum Gasteiger partial charge on any atom is -0.496 e. The normalized spacial score (nSPS) is 12.6. The molecule has 0 heterocycles. The quantitative estimate of drug-likeness (QED) is 0.506. The highest BCUT2D eigenvalue weighted by atomic mass is 19.4. The summed E-state index contributed by atoms with van der Waals surface area (Å²) in [4.78, 5) is 12.4. The molecule has 0 saturated heterocycles. The second-order valence-corrected chi connectivity index (χ2v) is 6.14. The number of alkyl halides is 8. The zero-order valence-electron chi connectivity index (χ0n) is 15.7.